The van der Waals surface area contributed by atoms with E-state index < -0.39 is 0 Å². The Hall–Kier alpha value is -2.27. The first-order valence-corrected chi connectivity index (χ1v) is 9.61. The lowest BCUT2D eigenvalue weighted by Crippen LogP contribution is -2.39. The SMILES string of the molecule is C=C(/N=C(C)\C=C/C)NC1CCCC[C@@H]1CO.CN=Nc1ccccc1C. The minimum Gasteiger partial charge on any atom is -0.396 e. The van der Waals surface area contributed by atoms with E-state index in [-0.39, 0.29) is 6.61 Å². The molecule has 1 aliphatic carbocycles. The highest BCUT2D eigenvalue weighted by Crippen LogP contribution is 2.24. The van der Waals surface area contributed by atoms with Gasteiger partial charge in [0.2, 0.25) is 0 Å². The molecule has 1 fully saturated rings. The van der Waals surface area contributed by atoms with E-state index in [0.29, 0.717) is 17.8 Å². The predicted octanol–water partition coefficient (Wildman–Crippen LogP) is 5.34. The summed E-state index contributed by atoms with van der Waals surface area (Å²) in [4.78, 5) is 4.37. The molecule has 0 radical (unpaired) electrons. The van der Waals surface area contributed by atoms with E-state index in [0.717, 1.165) is 29.8 Å². The largest absolute Gasteiger partial charge is 0.396 e. The smallest absolute Gasteiger partial charge is 0.119 e. The van der Waals surface area contributed by atoms with Crippen molar-refractivity contribution in [1.29, 1.82) is 0 Å². The number of nitrogens with one attached hydrogen (secondary N) is 1. The number of aliphatic hydroxyl groups excluding tert-OH is 1. The summed E-state index contributed by atoms with van der Waals surface area (Å²) in [6.45, 7) is 10.1. The highest BCUT2D eigenvalue weighted by atomic mass is 16.3. The summed E-state index contributed by atoms with van der Waals surface area (Å²) in [7, 11) is 1.67. The lowest BCUT2D eigenvalue weighted by molar-refractivity contribution is 0.158. The van der Waals surface area contributed by atoms with Gasteiger partial charge in [0.15, 0.2) is 0 Å². The Morgan fingerprint density at radius 2 is 2.00 bits per heavy atom. The molecule has 2 rings (SSSR count). The van der Waals surface area contributed by atoms with E-state index in [1.165, 1.54) is 12.8 Å². The Labute approximate surface area is 164 Å². The number of benzene rings is 1. The van der Waals surface area contributed by atoms with Crippen molar-refractivity contribution < 1.29 is 5.11 Å². The van der Waals surface area contributed by atoms with Crippen LogP contribution in [0.1, 0.15) is 45.1 Å². The number of nitrogens with zero attached hydrogens (tertiary/aromatic N) is 3. The molecule has 2 N–H and O–H groups in total. The van der Waals surface area contributed by atoms with Gasteiger partial charge in [-0.15, -0.1) is 0 Å². The number of aliphatic imine (C=N–C) groups is 1. The first kappa shape index (κ1) is 22.8. The minimum absolute atomic E-state index is 0.252. The summed E-state index contributed by atoms with van der Waals surface area (Å²) < 4.78 is 0. The summed E-state index contributed by atoms with van der Waals surface area (Å²) >= 11 is 0. The van der Waals surface area contributed by atoms with Crippen molar-refractivity contribution in [3.05, 3.63) is 54.4 Å². The third-order valence-electron chi connectivity index (χ3n) is 4.54. The average molecular weight is 371 g/mol. The van der Waals surface area contributed by atoms with Gasteiger partial charge in [0.25, 0.3) is 0 Å². The third-order valence-corrected chi connectivity index (χ3v) is 4.54. The number of hydrogen-bond donors (Lipinski definition) is 2. The minimum atomic E-state index is 0.252. The molecule has 5 nitrogen and oxygen atoms in total. The number of rotatable bonds is 6. The fraction of sp³-hybridized carbons (Fsp3) is 0.500. The van der Waals surface area contributed by atoms with Crippen LogP contribution < -0.4 is 5.32 Å². The van der Waals surface area contributed by atoms with Crippen LogP contribution in [0.2, 0.25) is 0 Å². The second kappa shape index (κ2) is 13.0. The molecule has 5 heteroatoms. The maximum atomic E-state index is 9.32. The number of allylic oxidation sites excluding steroid dienone is 2. The second-order valence-corrected chi connectivity index (χ2v) is 6.76. The molecule has 1 aromatic carbocycles. The number of hydrogen-bond acceptors (Lipinski definition) is 5. The molecule has 0 saturated heterocycles. The quantitative estimate of drug-likeness (QED) is 0.524. The Bertz CT molecular complexity index is 664. The Kier molecular flexibility index (Phi) is 10.9. The molecule has 0 aromatic heterocycles. The molecule has 0 aliphatic heterocycles. The molecule has 1 aliphatic rings. The summed E-state index contributed by atoms with van der Waals surface area (Å²) in [5.74, 6) is 1.05. The van der Waals surface area contributed by atoms with Gasteiger partial charge < -0.3 is 10.4 Å². The number of aryl methyl sites for hydroxylation is 1. The van der Waals surface area contributed by atoms with Crippen LogP contribution in [-0.2, 0) is 0 Å². The van der Waals surface area contributed by atoms with Crippen molar-refractivity contribution in [3.63, 3.8) is 0 Å². The van der Waals surface area contributed by atoms with Crippen molar-refractivity contribution in [3.8, 4) is 0 Å². The van der Waals surface area contributed by atoms with Crippen LogP contribution in [0.3, 0.4) is 0 Å². The summed E-state index contributed by atoms with van der Waals surface area (Å²) in [5.41, 5.74) is 3.06. The van der Waals surface area contributed by atoms with Crippen LogP contribution in [0.25, 0.3) is 0 Å². The van der Waals surface area contributed by atoms with E-state index in [4.69, 9.17) is 0 Å². The van der Waals surface area contributed by atoms with Crippen molar-refractivity contribution in [2.45, 2.75) is 52.5 Å². The molecular weight excluding hydrogens is 336 g/mol. The Morgan fingerprint density at radius 3 is 2.63 bits per heavy atom. The van der Waals surface area contributed by atoms with E-state index in [1.54, 1.807) is 7.05 Å². The van der Waals surface area contributed by atoms with E-state index in [2.05, 4.69) is 27.1 Å². The molecule has 1 unspecified atom stereocenters. The summed E-state index contributed by atoms with van der Waals surface area (Å²) in [5, 5.41) is 20.3. The van der Waals surface area contributed by atoms with Gasteiger partial charge in [-0.2, -0.15) is 10.2 Å². The molecule has 0 bridgehead atoms. The molecular formula is C22H34N4O. The lowest BCUT2D eigenvalue weighted by atomic mass is 9.85. The molecule has 1 aromatic rings. The normalized spacial score (nSPS) is 20.4. The van der Waals surface area contributed by atoms with Gasteiger partial charge in [-0.25, -0.2) is 4.99 Å². The van der Waals surface area contributed by atoms with Crippen LogP contribution in [0.4, 0.5) is 5.69 Å². The molecule has 2 atom stereocenters. The second-order valence-electron chi connectivity index (χ2n) is 6.76. The Balaban J connectivity index is 0.000000309. The van der Waals surface area contributed by atoms with Gasteiger partial charge >= 0.3 is 0 Å². The monoisotopic (exact) mass is 370 g/mol. The molecule has 27 heavy (non-hydrogen) atoms. The average Bonchev–Trinajstić information content (AvgIpc) is 2.65. The van der Waals surface area contributed by atoms with Gasteiger partial charge in [-0.05, 0) is 51.3 Å². The van der Waals surface area contributed by atoms with Gasteiger partial charge in [0.05, 0.1) is 5.69 Å². The Morgan fingerprint density at radius 1 is 1.30 bits per heavy atom. The molecule has 1 saturated carbocycles. The zero-order valence-electron chi connectivity index (χ0n) is 17.2. The summed E-state index contributed by atoms with van der Waals surface area (Å²) in [6.07, 6.45) is 8.55. The van der Waals surface area contributed by atoms with Crippen molar-refractivity contribution >= 4 is 11.4 Å². The summed E-state index contributed by atoms with van der Waals surface area (Å²) in [6, 6.07) is 8.23. The highest BCUT2D eigenvalue weighted by molar-refractivity contribution is 5.93. The maximum absolute atomic E-state index is 9.32. The third kappa shape index (κ3) is 8.78. The first-order chi connectivity index (χ1) is 13.0. The lowest BCUT2D eigenvalue weighted by Gasteiger charge is -2.31. The van der Waals surface area contributed by atoms with Gasteiger partial charge in [-0.1, -0.05) is 43.7 Å². The topological polar surface area (TPSA) is 69.3 Å². The first-order valence-electron chi connectivity index (χ1n) is 9.61. The maximum Gasteiger partial charge on any atom is 0.119 e. The van der Waals surface area contributed by atoms with Gasteiger partial charge in [0, 0.05) is 31.3 Å². The zero-order chi connectivity index (χ0) is 20.1. The standard InChI is InChI=1S/C14H24N2O.C8H10N2/c1-4-7-11(2)15-12(3)16-14-9-6-5-8-13(14)10-17;1-7-5-3-4-6-8(7)10-9-2/h4,7,13-14,16-17H,3,5-6,8-10H2,1-2H3;3-6H,1-2H3/b7-4-,15-11-;/t13-,14?;/m1./s1. The van der Waals surface area contributed by atoms with E-state index in [1.807, 2.05) is 57.2 Å². The number of aliphatic hydroxyl groups is 1. The number of azo groups is 1. The predicted molar refractivity (Wildman–Crippen MR) is 115 cm³/mol. The van der Waals surface area contributed by atoms with Crippen LogP contribution in [0, 0.1) is 12.8 Å². The van der Waals surface area contributed by atoms with Crippen LogP contribution in [-0.4, -0.2) is 30.5 Å². The van der Waals surface area contributed by atoms with Crippen LogP contribution >= 0.6 is 0 Å². The highest BCUT2D eigenvalue weighted by Gasteiger charge is 2.24. The van der Waals surface area contributed by atoms with E-state index >= 15 is 0 Å². The molecule has 0 heterocycles. The van der Waals surface area contributed by atoms with Crippen LogP contribution in [0.15, 0.2) is 64.0 Å². The zero-order valence-corrected chi connectivity index (χ0v) is 17.2. The van der Waals surface area contributed by atoms with E-state index in [9.17, 15) is 5.11 Å². The van der Waals surface area contributed by atoms with Crippen molar-refractivity contribution in [1.82, 2.24) is 5.32 Å². The van der Waals surface area contributed by atoms with Crippen LogP contribution in [0.5, 0.6) is 0 Å². The molecule has 0 spiro atoms. The van der Waals surface area contributed by atoms with Crippen molar-refractivity contribution in [2.75, 3.05) is 13.7 Å². The molecule has 148 valence electrons. The van der Waals surface area contributed by atoms with Gasteiger partial charge in [0.1, 0.15) is 5.82 Å². The fourth-order valence-corrected chi connectivity index (χ4v) is 3.14. The van der Waals surface area contributed by atoms with Crippen molar-refractivity contribution in [2.24, 2.45) is 21.1 Å². The molecule has 0 amide bonds. The fourth-order valence-electron chi connectivity index (χ4n) is 3.14. The van der Waals surface area contributed by atoms with Gasteiger partial charge in [-0.3, -0.25) is 0 Å².